The predicted molar refractivity (Wildman–Crippen MR) is 77.6 cm³/mol. The summed E-state index contributed by atoms with van der Waals surface area (Å²) < 4.78 is 0. The number of nitrogens with zero attached hydrogens (tertiary/aromatic N) is 2. The van der Waals surface area contributed by atoms with Gasteiger partial charge < -0.3 is 5.73 Å². The molecule has 1 unspecified atom stereocenters. The van der Waals surface area contributed by atoms with Crippen molar-refractivity contribution in [3.05, 3.63) is 16.6 Å². The molecule has 18 heavy (non-hydrogen) atoms. The molecule has 0 bridgehead atoms. The van der Waals surface area contributed by atoms with Crippen LogP contribution in [0.25, 0.3) is 0 Å². The first kappa shape index (κ1) is 14.0. The zero-order valence-electron chi connectivity index (χ0n) is 11.8. The smallest absolute Gasteiger partial charge is 0.0795 e. The van der Waals surface area contributed by atoms with E-state index in [1.807, 2.05) is 5.51 Å². The van der Waals surface area contributed by atoms with Crippen LogP contribution in [0.15, 0.2) is 10.9 Å². The predicted octanol–water partition coefficient (Wildman–Crippen LogP) is 2.87. The molecular formula is C14H25N3S. The van der Waals surface area contributed by atoms with Crippen molar-refractivity contribution < 1.29 is 0 Å². The quantitative estimate of drug-likeness (QED) is 0.912. The molecule has 102 valence electrons. The molecule has 0 saturated heterocycles. The third-order valence-electron chi connectivity index (χ3n) is 4.85. The maximum absolute atomic E-state index is 6.18. The molecule has 1 fully saturated rings. The lowest BCUT2D eigenvalue weighted by molar-refractivity contribution is -0.0339. The summed E-state index contributed by atoms with van der Waals surface area (Å²) in [5, 5.41) is 2.14. The second-order valence-electron chi connectivity index (χ2n) is 6.16. The molecule has 0 amide bonds. The van der Waals surface area contributed by atoms with Crippen LogP contribution < -0.4 is 5.73 Å². The van der Waals surface area contributed by atoms with Crippen molar-refractivity contribution in [3.63, 3.8) is 0 Å². The summed E-state index contributed by atoms with van der Waals surface area (Å²) >= 11 is 1.67. The first-order valence-electron chi connectivity index (χ1n) is 6.80. The van der Waals surface area contributed by atoms with Gasteiger partial charge in [-0.2, -0.15) is 0 Å². The van der Waals surface area contributed by atoms with Crippen LogP contribution in [0.5, 0.6) is 0 Å². The Hall–Kier alpha value is -0.450. The van der Waals surface area contributed by atoms with E-state index in [1.165, 1.54) is 25.7 Å². The Kier molecular flexibility index (Phi) is 4.09. The number of hydrogen-bond donors (Lipinski definition) is 1. The van der Waals surface area contributed by atoms with Crippen molar-refractivity contribution in [2.24, 2.45) is 11.1 Å². The molecule has 0 aromatic carbocycles. The van der Waals surface area contributed by atoms with Gasteiger partial charge in [-0.25, -0.2) is 4.98 Å². The van der Waals surface area contributed by atoms with Gasteiger partial charge in [-0.1, -0.05) is 26.7 Å². The average Bonchev–Trinajstić information content (AvgIpc) is 2.81. The Morgan fingerprint density at radius 3 is 2.67 bits per heavy atom. The molecule has 0 radical (unpaired) electrons. The van der Waals surface area contributed by atoms with E-state index in [9.17, 15) is 0 Å². The molecule has 4 heteroatoms. The van der Waals surface area contributed by atoms with Gasteiger partial charge in [0, 0.05) is 24.0 Å². The summed E-state index contributed by atoms with van der Waals surface area (Å²) in [6.45, 7) is 6.39. The van der Waals surface area contributed by atoms with Crippen LogP contribution in [0.2, 0.25) is 0 Å². The number of thiazole rings is 1. The molecule has 1 aliphatic rings. The second kappa shape index (κ2) is 5.27. The molecule has 1 aliphatic carbocycles. The lowest BCUT2D eigenvalue weighted by Crippen LogP contribution is -2.62. The molecule has 1 aromatic rings. The third kappa shape index (κ3) is 2.33. The van der Waals surface area contributed by atoms with Crippen molar-refractivity contribution in [2.45, 2.75) is 51.6 Å². The highest BCUT2D eigenvalue weighted by atomic mass is 32.1. The SMILES string of the molecule is CN(Cc1cscn1)C1(CN)CCCCC1(C)C. The highest BCUT2D eigenvalue weighted by Gasteiger charge is 2.48. The summed E-state index contributed by atoms with van der Waals surface area (Å²) in [6, 6.07) is 0. The molecule has 1 heterocycles. The first-order chi connectivity index (χ1) is 8.52. The van der Waals surface area contributed by atoms with Crippen molar-refractivity contribution in [1.82, 2.24) is 9.88 Å². The van der Waals surface area contributed by atoms with E-state index in [0.717, 1.165) is 18.8 Å². The fourth-order valence-electron chi connectivity index (χ4n) is 3.51. The molecular weight excluding hydrogens is 242 g/mol. The van der Waals surface area contributed by atoms with Crippen LogP contribution in [0.4, 0.5) is 0 Å². The van der Waals surface area contributed by atoms with E-state index in [1.54, 1.807) is 11.3 Å². The summed E-state index contributed by atoms with van der Waals surface area (Å²) in [6.07, 6.45) is 5.10. The summed E-state index contributed by atoms with van der Waals surface area (Å²) in [5.74, 6) is 0. The van der Waals surface area contributed by atoms with Crippen LogP contribution >= 0.6 is 11.3 Å². The van der Waals surface area contributed by atoms with Gasteiger partial charge >= 0.3 is 0 Å². The van der Waals surface area contributed by atoms with E-state index < -0.39 is 0 Å². The Morgan fingerprint density at radius 2 is 2.11 bits per heavy atom. The van der Waals surface area contributed by atoms with E-state index >= 15 is 0 Å². The van der Waals surface area contributed by atoms with Gasteiger partial charge in [-0.3, -0.25) is 4.90 Å². The van der Waals surface area contributed by atoms with E-state index in [2.05, 4.69) is 36.2 Å². The van der Waals surface area contributed by atoms with Gasteiger partial charge in [-0.15, -0.1) is 11.3 Å². The van der Waals surface area contributed by atoms with Crippen LogP contribution in [-0.4, -0.2) is 29.0 Å². The molecule has 2 N–H and O–H groups in total. The zero-order valence-corrected chi connectivity index (χ0v) is 12.6. The minimum absolute atomic E-state index is 0.120. The number of rotatable bonds is 4. The summed E-state index contributed by atoms with van der Waals surface area (Å²) in [4.78, 5) is 6.85. The monoisotopic (exact) mass is 267 g/mol. The summed E-state index contributed by atoms with van der Waals surface area (Å²) in [7, 11) is 2.21. The van der Waals surface area contributed by atoms with Crippen molar-refractivity contribution in [2.75, 3.05) is 13.6 Å². The van der Waals surface area contributed by atoms with Crippen molar-refractivity contribution >= 4 is 11.3 Å². The highest BCUT2D eigenvalue weighted by molar-refractivity contribution is 7.07. The first-order valence-corrected chi connectivity index (χ1v) is 7.74. The van der Waals surface area contributed by atoms with E-state index in [-0.39, 0.29) is 11.0 Å². The normalized spacial score (nSPS) is 27.6. The Morgan fingerprint density at radius 1 is 1.39 bits per heavy atom. The third-order valence-corrected chi connectivity index (χ3v) is 5.49. The van der Waals surface area contributed by atoms with Gasteiger partial charge in [0.2, 0.25) is 0 Å². The van der Waals surface area contributed by atoms with Gasteiger partial charge in [0.25, 0.3) is 0 Å². The summed E-state index contributed by atoms with van der Waals surface area (Å²) in [5.41, 5.74) is 9.66. The minimum atomic E-state index is 0.120. The van der Waals surface area contributed by atoms with Gasteiger partial charge in [0.1, 0.15) is 0 Å². The van der Waals surface area contributed by atoms with Gasteiger partial charge in [-0.05, 0) is 25.3 Å². The van der Waals surface area contributed by atoms with Gasteiger partial charge in [0.05, 0.1) is 11.2 Å². The Balaban J connectivity index is 2.20. The second-order valence-corrected chi connectivity index (χ2v) is 6.88. The molecule has 2 rings (SSSR count). The molecule has 0 aliphatic heterocycles. The maximum Gasteiger partial charge on any atom is 0.0795 e. The number of nitrogens with two attached hydrogens (primary N) is 1. The number of hydrogen-bond acceptors (Lipinski definition) is 4. The maximum atomic E-state index is 6.18. The van der Waals surface area contributed by atoms with Crippen LogP contribution in [-0.2, 0) is 6.54 Å². The number of aromatic nitrogens is 1. The van der Waals surface area contributed by atoms with Crippen molar-refractivity contribution in [1.29, 1.82) is 0 Å². The lowest BCUT2D eigenvalue weighted by atomic mass is 9.62. The van der Waals surface area contributed by atoms with Crippen LogP contribution in [0, 0.1) is 5.41 Å². The van der Waals surface area contributed by atoms with E-state index in [0.29, 0.717) is 0 Å². The molecule has 1 aromatic heterocycles. The largest absolute Gasteiger partial charge is 0.329 e. The zero-order chi connectivity index (χ0) is 13.2. The van der Waals surface area contributed by atoms with Gasteiger partial charge in [0.15, 0.2) is 0 Å². The molecule has 1 atom stereocenters. The molecule has 3 nitrogen and oxygen atoms in total. The highest BCUT2D eigenvalue weighted by Crippen LogP contribution is 2.46. The van der Waals surface area contributed by atoms with E-state index in [4.69, 9.17) is 5.73 Å². The molecule has 0 spiro atoms. The lowest BCUT2D eigenvalue weighted by Gasteiger charge is -2.55. The fraction of sp³-hybridized carbons (Fsp3) is 0.786. The standard InChI is InChI=1S/C14H25N3S/c1-13(2)6-4-5-7-14(13,10-15)17(3)8-12-9-18-11-16-12/h9,11H,4-8,10,15H2,1-3H3. The van der Waals surface area contributed by atoms with Crippen molar-refractivity contribution in [3.8, 4) is 0 Å². The minimum Gasteiger partial charge on any atom is -0.329 e. The topological polar surface area (TPSA) is 42.2 Å². The van der Waals surface area contributed by atoms with Crippen LogP contribution in [0.3, 0.4) is 0 Å². The number of likely N-dealkylation sites (N-methyl/N-ethyl adjacent to an activating group) is 1. The Bertz CT molecular complexity index is 374. The Labute approximate surface area is 114 Å². The fourth-order valence-corrected chi connectivity index (χ4v) is 4.06. The van der Waals surface area contributed by atoms with Crippen LogP contribution in [0.1, 0.15) is 45.2 Å². The molecule has 1 saturated carbocycles. The average molecular weight is 267 g/mol.